The third-order valence-corrected chi connectivity index (χ3v) is 3.55. The first-order chi connectivity index (χ1) is 10.6. The molecule has 1 heterocycles. The molecule has 0 saturated carbocycles. The molecule has 7 heteroatoms. The van der Waals surface area contributed by atoms with E-state index < -0.39 is 0 Å². The molecule has 23 heavy (non-hydrogen) atoms. The number of nitrogens with one attached hydrogen (secondary N) is 1. The Kier molecular flexibility index (Phi) is 8.40. The molecule has 5 nitrogen and oxygen atoms in total. The summed E-state index contributed by atoms with van der Waals surface area (Å²) in [5.74, 6) is 1.60. The van der Waals surface area contributed by atoms with Crippen LogP contribution in [0.2, 0.25) is 5.02 Å². The molecule has 0 atom stereocenters. The molecule has 0 saturated heterocycles. The van der Waals surface area contributed by atoms with Crippen molar-refractivity contribution in [3.8, 4) is 0 Å². The van der Waals surface area contributed by atoms with E-state index in [9.17, 15) is 0 Å². The molecule has 1 N–H and O–H groups in total. The van der Waals surface area contributed by atoms with E-state index >= 15 is 0 Å². The Labute approximate surface area is 159 Å². The molecule has 0 amide bonds. The quantitative estimate of drug-likeness (QED) is 0.430. The van der Waals surface area contributed by atoms with Gasteiger partial charge in [0.15, 0.2) is 11.7 Å². The fourth-order valence-electron chi connectivity index (χ4n) is 2.10. The number of rotatable bonds is 5. The third-order valence-electron chi connectivity index (χ3n) is 3.30. The highest BCUT2D eigenvalue weighted by atomic mass is 127. The largest absolute Gasteiger partial charge is 0.359 e. The fourth-order valence-corrected chi connectivity index (χ4v) is 2.22. The summed E-state index contributed by atoms with van der Waals surface area (Å²) < 4.78 is 5.26. The predicted octanol–water partition coefficient (Wildman–Crippen LogP) is 3.72. The zero-order chi connectivity index (χ0) is 15.9. The SMILES string of the molecule is CCc1cc(CNC(=NC)N(C)Cc2ccc(Cl)cc2)on1.I. The monoisotopic (exact) mass is 448 g/mol. The van der Waals surface area contributed by atoms with Crippen LogP contribution in [-0.4, -0.2) is 30.1 Å². The van der Waals surface area contributed by atoms with Crippen LogP contribution in [0.15, 0.2) is 39.8 Å². The van der Waals surface area contributed by atoms with Crippen LogP contribution in [0.1, 0.15) is 23.9 Å². The van der Waals surface area contributed by atoms with Crippen LogP contribution < -0.4 is 5.32 Å². The van der Waals surface area contributed by atoms with Crippen molar-refractivity contribution in [1.82, 2.24) is 15.4 Å². The number of aryl methyl sites for hydroxylation is 1. The highest BCUT2D eigenvalue weighted by Crippen LogP contribution is 2.11. The molecule has 0 bridgehead atoms. The van der Waals surface area contributed by atoms with Gasteiger partial charge in [0.05, 0.1) is 12.2 Å². The lowest BCUT2D eigenvalue weighted by Crippen LogP contribution is -2.37. The van der Waals surface area contributed by atoms with E-state index in [0.29, 0.717) is 6.54 Å². The number of nitrogens with zero attached hydrogens (tertiary/aromatic N) is 3. The second kappa shape index (κ2) is 9.77. The summed E-state index contributed by atoms with van der Waals surface area (Å²) in [6.45, 7) is 3.35. The van der Waals surface area contributed by atoms with Crippen molar-refractivity contribution in [1.29, 1.82) is 0 Å². The van der Waals surface area contributed by atoms with Gasteiger partial charge in [0.1, 0.15) is 0 Å². The van der Waals surface area contributed by atoms with Crippen LogP contribution in [0.4, 0.5) is 0 Å². The van der Waals surface area contributed by atoms with Gasteiger partial charge in [0.2, 0.25) is 0 Å². The van der Waals surface area contributed by atoms with Crippen molar-refractivity contribution in [3.05, 3.63) is 52.4 Å². The number of guanidine groups is 1. The normalized spacial score (nSPS) is 11.0. The smallest absolute Gasteiger partial charge is 0.194 e. The summed E-state index contributed by atoms with van der Waals surface area (Å²) in [5, 5.41) is 7.99. The van der Waals surface area contributed by atoms with E-state index in [0.717, 1.165) is 35.4 Å². The summed E-state index contributed by atoms with van der Waals surface area (Å²) in [6, 6.07) is 9.76. The molecular weight excluding hydrogens is 427 g/mol. The first kappa shape index (κ1) is 19.8. The first-order valence-electron chi connectivity index (χ1n) is 7.23. The van der Waals surface area contributed by atoms with Crippen molar-refractivity contribution in [2.45, 2.75) is 26.4 Å². The van der Waals surface area contributed by atoms with Gasteiger partial charge in [-0.2, -0.15) is 0 Å². The maximum absolute atomic E-state index is 5.90. The van der Waals surface area contributed by atoms with Gasteiger partial charge in [0, 0.05) is 31.7 Å². The second-order valence-electron chi connectivity index (χ2n) is 5.02. The molecule has 0 fully saturated rings. The minimum absolute atomic E-state index is 0. The summed E-state index contributed by atoms with van der Waals surface area (Å²) in [5.41, 5.74) is 2.13. The molecule has 0 unspecified atom stereocenters. The van der Waals surface area contributed by atoms with Crippen molar-refractivity contribution < 1.29 is 4.52 Å². The lowest BCUT2D eigenvalue weighted by Gasteiger charge is -2.21. The fraction of sp³-hybridized carbons (Fsp3) is 0.375. The van der Waals surface area contributed by atoms with Gasteiger partial charge in [-0.3, -0.25) is 4.99 Å². The Balaban J connectivity index is 0.00000264. The number of hydrogen-bond acceptors (Lipinski definition) is 3. The van der Waals surface area contributed by atoms with Crippen molar-refractivity contribution in [2.24, 2.45) is 4.99 Å². The number of halogens is 2. The van der Waals surface area contributed by atoms with Crippen molar-refractivity contribution in [3.63, 3.8) is 0 Å². The number of aromatic nitrogens is 1. The molecule has 0 aliphatic heterocycles. The minimum atomic E-state index is 0. The number of benzene rings is 1. The highest BCUT2D eigenvalue weighted by molar-refractivity contribution is 14.0. The number of aliphatic imine (C=N–C) groups is 1. The molecule has 0 aliphatic rings. The van der Waals surface area contributed by atoms with Crippen molar-refractivity contribution in [2.75, 3.05) is 14.1 Å². The molecule has 0 spiro atoms. The van der Waals surface area contributed by atoms with Gasteiger partial charge < -0.3 is 14.7 Å². The van der Waals surface area contributed by atoms with Crippen LogP contribution >= 0.6 is 35.6 Å². The topological polar surface area (TPSA) is 53.7 Å². The van der Waals surface area contributed by atoms with Gasteiger partial charge in [-0.15, -0.1) is 24.0 Å². The van der Waals surface area contributed by atoms with Crippen molar-refractivity contribution >= 4 is 41.5 Å². The summed E-state index contributed by atoms with van der Waals surface area (Å²) in [7, 11) is 3.75. The first-order valence-corrected chi connectivity index (χ1v) is 7.61. The van der Waals surface area contributed by atoms with Gasteiger partial charge in [-0.1, -0.05) is 35.8 Å². The lowest BCUT2D eigenvalue weighted by atomic mass is 10.2. The second-order valence-corrected chi connectivity index (χ2v) is 5.46. The van der Waals surface area contributed by atoms with Crippen LogP contribution in [0.3, 0.4) is 0 Å². The van der Waals surface area contributed by atoms with Gasteiger partial charge >= 0.3 is 0 Å². The highest BCUT2D eigenvalue weighted by Gasteiger charge is 2.08. The third kappa shape index (κ3) is 6.02. The van der Waals surface area contributed by atoms with Crippen LogP contribution in [-0.2, 0) is 19.5 Å². The molecule has 0 aliphatic carbocycles. The Morgan fingerprint density at radius 3 is 2.61 bits per heavy atom. The molecule has 0 radical (unpaired) electrons. The van der Waals surface area contributed by atoms with Crippen LogP contribution in [0.25, 0.3) is 0 Å². The number of hydrogen-bond donors (Lipinski definition) is 1. The van der Waals surface area contributed by atoms with Gasteiger partial charge in [-0.05, 0) is 24.1 Å². The maximum atomic E-state index is 5.90. The van der Waals surface area contributed by atoms with Gasteiger partial charge in [0.25, 0.3) is 0 Å². The summed E-state index contributed by atoms with van der Waals surface area (Å²) in [4.78, 5) is 6.33. The average Bonchev–Trinajstić information content (AvgIpc) is 2.98. The predicted molar refractivity (Wildman–Crippen MR) is 104 cm³/mol. The molecular formula is C16H22ClIN4O. The zero-order valence-corrected chi connectivity index (χ0v) is 16.6. The molecule has 1 aromatic heterocycles. The van der Waals surface area contributed by atoms with E-state index in [1.165, 1.54) is 5.56 Å². The molecule has 1 aromatic carbocycles. The molecule has 2 rings (SSSR count). The molecule has 126 valence electrons. The van der Waals surface area contributed by atoms with E-state index in [1.807, 2.05) is 49.2 Å². The standard InChI is InChI=1S/C16H21ClN4O.HI/c1-4-14-9-15(22-20-14)10-19-16(18-2)21(3)11-12-5-7-13(17)8-6-12;/h5-9H,4,10-11H2,1-3H3,(H,18,19);1H. The Morgan fingerprint density at radius 1 is 1.35 bits per heavy atom. The Bertz CT molecular complexity index is 627. The van der Waals surface area contributed by atoms with E-state index in [-0.39, 0.29) is 24.0 Å². The van der Waals surface area contributed by atoms with Gasteiger partial charge in [-0.25, -0.2) is 0 Å². The summed E-state index contributed by atoms with van der Waals surface area (Å²) in [6.07, 6.45) is 0.870. The Hall–Kier alpha value is -1.28. The average molecular weight is 449 g/mol. The van der Waals surface area contributed by atoms with E-state index in [2.05, 4.69) is 15.5 Å². The summed E-state index contributed by atoms with van der Waals surface area (Å²) >= 11 is 5.90. The maximum Gasteiger partial charge on any atom is 0.194 e. The van der Waals surface area contributed by atoms with Crippen LogP contribution in [0, 0.1) is 0 Å². The van der Waals surface area contributed by atoms with E-state index in [4.69, 9.17) is 16.1 Å². The minimum Gasteiger partial charge on any atom is -0.359 e. The Morgan fingerprint density at radius 2 is 2.04 bits per heavy atom. The van der Waals surface area contributed by atoms with E-state index in [1.54, 1.807) is 7.05 Å². The lowest BCUT2D eigenvalue weighted by molar-refractivity contribution is 0.371. The zero-order valence-electron chi connectivity index (χ0n) is 13.5. The van der Waals surface area contributed by atoms with Crippen LogP contribution in [0.5, 0.6) is 0 Å². The molecule has 2 aromatic rings.